The first-order valence-electron chi connectivity index (χ1n) is 28.2. The van der Waals surface area contributed by atoms with Crippen LogP contribution in [0.4, 0.5) is 0 Å². The van der Waals surface area contributed by atoms with Crippen molar-refractivity contribution in [3.63, 3.8) is 0 Å². The summed E-state index contributed by atoms with van der Waals surface area (Å²) in [6.07, 6.45) is 52.3. The Kier molecular flexibility index (Phi) is 48.6. The number of esters is 3. The SMILES string of the molecule is CCCCCCCCCCCCCCCCC(=O)OC[C@H](COC(=O)CCCCCCCCCCCCCCCCC(C)C)OC(=O)CCCCCCCCCCCCCC(C)C. The molecule has 0 N–H and O–H groups in total. The summed E-state index contributed by atoms with van der Waals surface area (Å²) in [7, 11) is 0. The van der Waals surface area contributed by atoms with Crippen molar-refractivity contribution in [3.8, 4) is 0 Å². The molecular formula is C57H110O6. The molecular weight excluding hydrogens is 781 g/mol. The lowest BCUT2D eigenvalue weighted by atomic mass is 10.0. The number of carbonyl (C=O) groups is 3. The van der Waals surface area contributed by atoms with Gasteiger partial charge in [0, 0.05) is 19.3 Å². The summed E-state index contributed by atoms with van der Waals surface area (Å²) < 4.78 is 16.9. The average molecular weight is 892 g/mol. The molecule has 6 nitrogen and oxygen atoms in total. The number of carbonyl (C=O) groups excluding carboxylic acids is 3. The molecule has 0 radical (unpaired) electrons. The quantitative estimate of drug-likeness (QED) is 0.0344. The van der Waals surface area contributed by atoms with Gasteiger partial charge in [-0.15, -0.1) is 0 Å². The van der Waals surface area contributed by atoms with Crippen LogP contribution in [-0.4, -0.2) is 37.2 Å². The van der Waals surface area contributed by atoms with Crippen LogP contribution in [0, 0.1) is 11.8 Å². The lowest BCUT2D eigenvalue weighted by Gasteiger charge is -2.18. The van der Waals surface area contributed by atoms with Crippen molar-refractivity contribution < 1.29 is 28.6 Å². The highest BCUT2D eigenvalue weighted by Crippen LogP contribution is 2.18. The predicted octanol–water partition coefficient (Wildman–Crippen LogP) is 18.5. The molecule has 0 aromatic rings. The maximum Gasteiger partial charge on any atom is 0.306 e. The van der Waals surface area contributed by atoms with Gasteiger partial charge in [-0.25, -0.2) is 0 Å². The molecule has 0 aromatic heterocycles. The van der Waals surface area contributed by atoms with Crippen LogP contribution in [0.5, 0.6) is 0 Å². The molecule has 0 bridgehead atoms. The molecule has 0 saturated heterocycles. The fourth-order valence-electron chi connectivity index (χ4n) is 8.70. The summed E-state index contributed by atoms with van der Waals surface area (Å²) in [4.78, 5) is 38.1. The molecule has 0 heterocycles. The number of rotatable bonds is 51. The molecule has 1 atom stereocenters. The second-order valence-corrected chi connectivity index (χ2v) is 20.5. The Morgan fingerprint density at radius 2 is 0.524 bits per heavy atom. The molecule has 0 aliphatic carbocycles. The van der Waals surface area contributed by atoms with E-state index in [1.807, 2.05) is 0 Å². The van der Waals surface area contributed by atoms with Gasteiger partial charge in [0.25, 0.3) is 0 Å². The van der Waals surface area contributed by atoms with Crippen LogP contribution in [0.2, 0.25) is 0 Å². The zero-order chi connectivity index (χ0) is 46.1. The van der Waals surface area contributed by atoms with Gasteiger partial charge in [-0.2, -0.15) is 0 Å². The van der Waals surface area contributed by atoms with E-state index < -0.39 is 6.10 Å². The molecule has 0 amide bonds. The highest BCUT2D eigenvalue weighted by atomic mass is 16.6. The van der Waals surface area contributed by atoms with Gasteiger partial charge in [0.05, 0.1) is 0 Å². The number of hydrogen-bond donors (Lipinski definition) is 0. The molecule has 0 saturated carbocycles. The minimum absolute atomic E-state index is 0.0629. The van der Waals surface area contributed by atoms with Crippen LogP contribution in [0.15, 0.2) is 0 Å². The smallest absolute Gasteiger partial charge is 0.306 e. The number of unbranched alkanes of at least 4 members (excludes halogenated alkanes) is 36. The van der Waals surface area contributed by atoms with E-state index in [1.165, 1.54) is 205 Å². The van der Waals surface area contributed by atoms with E-state index in [9.17, 15) is 14.4 Å². The Morgan fingerprint density at radius 1 is 0.302 bits per heavy atom. The van der Waals surface area contributed by atoms with Crippen molar-refractivity contribution in [1.82, 2.24) is 0 Å². The zero-order valence-corrected chi connectivity index (χ0v) is 43.2. The normalized spacial score (nSPS) is 12.0. The van der Waals surface area contributed by atoms with Gasteiger partial charge >= 0.3 is 17.9 Å². The lowest BCUT2D eigenvalue weighted by molar-refractivity contribution is -0.167. The van der Waals surface area contributed by atoms with E-state index >= 15 is 0 Å². The van der Waals surface area contributed by atoms with Gasteiger partial charge < -0.3 is 14.2 Å². The lowest BCUT2D eigenvalue weighted by Crippen LogP contribution is -2.30. The standard InChI is InChI=1S/C57H110O6/c1-6-7-8-9-10-11-12-13-17-22-27-32-37-42-47-55(58)61-50-54(63-57(60)49-44-39-34-29-24-19-21-26-31-36-41-46-53(4)5)51-62-56(59)48-43-38-33-28-23-18-15-14-16-20-25-30-35-40-45-52(2)3/h52-54H,6-51H2,1-5H3/t54-/m1/s1. The maximum absolute atomic E-state index is 12.8. The van der Waals surface area contributed by atoms with Crippen LogP contribution < -0.4 is 0 Å². The number of hydrogen-bond acceptors (Lipinski definition) is 6. The van der Waals surface area contributed by atoms with Crippen LogP contribution >= 0.6 is 0 Å². The minimum atomic E-state index is -0.762. The fourth-order valence-corrected chi connectivity index (χ4v) is 8.70. The summed E-state index contributed by atoms with van der Waals surface area (Å²) in [5.41, 5.74) is 0. The minimum Gasteiger partial charge on any atom is -0.462 e. The fraction of sp³-hybridized carbons (Fsp3) is 0.947. The molecule has 0 unspecified atom stereocenters. The van der Waals surface area contributed by atoms with E-state index in [1.54, 1.807) is 0 Å². The maximum atomic E-state index is 12.8. The summed E-state index contributed by atoms with van der Waals surface area (Å²) >= 11 is 0. The highest BCUT2D eigenvalue weighted by Gasteiger charge is 2.19. The van der Waals surface area contributed by atoms with Crippen LogP contribution in [0.25, 0.3) is 0 Å². The molecule has 0 aromatic carbocycles. The Labute approximate surface area is 393 Å². The molecule has 6 heteroatoms. The largest absolute Gasteiger partial charge is 0.462 e. The molecule has 0 rings (SSSR count). The van der Waals surface area contributed by atoms with E-state index in [0.29, 0.717) is 19.3 Å². The highest BCUT2D eigenvalue weighted by molar-refractivity contribution is 5.71. The summed E-state index contributed by atoms with van der Waals surface area (Å²) in [6.45, 7) is 11.4. The molecule has 0 aliphatic heterocycles. The van der Waals surface area contributed by atoms with Crippen molar-refractivity contribution in [2.45, 2.75) is 323 Å². The first-order chi connectivity index (χ1) is 30.7. The molecule has 0 spiro atoms. The average Bonchev–Trinajstić information content (AvgIpc) is 3.25. The third kappa shape index (κ3) is 51.3. The Morgan fingerprint density at radius 3 is 0.778 bits per heavy atom. The van der Waals surface area contributed by atoms with Crippen LogP contribution in [0.3, 0.4) is 0 Å². The van der Waals surface area contributed by atoms with Gasteiger partial charge in [0.2, 0.25) is 0 Å². The zero-order valence-electron chi connectivity index (χ0n) is 43.2. The molecule has 374 valence electrons. The monoisotopic (exact) mass is 891 g/mol. The topological polar surface area (TPSA) is 78.9 Å². The van der Waals surface area contributed by atoms with E-state index in [4.69, 9.17) is 14.2 Å². The third-order valence-corrected chi connectivity index (χ3v) is 13.0. The Hall–Kier alpha value is -1.59. The number of ether oxygens (including phenoxy) is 3. The summed E-state index contributed by atoms with van der Waals surface area (Å²) in [6, 6.07) is 0. The molecule has 0 fully saturated rings. The predicted molar refractivity (Wildman–Crippen MR) is 270 cm³/mol. The van der Waals surface area contributed by atoms with Gasteiger partial charge in [0.1, 0.15) is 13.2 Å². The van der Waals surface area contributed by atoms with Crippen molar-refractivity contribution in [1.29, 1.82) is 0 Å². The van der Waals surface area contributed by atoms with Gasteiger partial charge in [-0.1, -0.05) is 279 Å². The Balaban J connectivity index is 4.30. The first-order valence-corrected chi connectivity index (χ1v) is 28.2. The van der Waals surface area contributed by atoms with Crippen LogP contribution in [0.1, 0.15) is 317 Å². The molecule has 0 aliphatic rings. The van der Waals surface area contributed by atoms with Crippen molar-refractivity contribution in [2.75, 3.05) is 13.2 Å². The van der Waals surface area contributed by atoms with E-state index in [-0.39, 0.29) is 31.1 Å². The third-order valence-electron chi connectivity index (χ3n) is 13.0. The van der Waals surface area contributed by atoms with E-state index in [2.05, 4.69) is 34.6 Å². The van der Waals surface area contributed by atoms with Gasteiger partial charge in [-0.05, 0) is 31.1 Å². The van der Waals surface area contributed by atoms with Crippen molar-refractivity contribution >= 4 is 17.9 Å². The van der Waals surface area contributed by atoms with E-state index in [0.717, 1.165) is 69.6 Å². The molecule has 63 heavy (non-hydrogen) atoms. The van der Waals surface area contributed by atoms with Crippen LogP contribution in [-0.2, 0) is 28.6 Å². The summed E-state index contributed by atoms with van der Waals surface area (Å²) in [5.74, 6) is 0.829. The van der Waals surface area contributed by atoms with Gasteiger partial charge in [0.15, 0.2) is 6.10 Å². The summed E-state index contributed by atoms with van der Waals surface area (Å²) in [5, 5.41) is 0. The van der Waals surface area contributed by atoms with Crippen molar-refractivity contribution in [2.24, 2.45) is 11.8 Å². The second-order valence-electron chi connectivity index (χ2n) is 20.5. The van der Waals surface area contributed by atoms with Crippen molar-refractivity contribution in [3.05, 3.63) is 0 Å². The first kappa shape index (κ1) is 61.4. The van der Waals surface area contributed by atoms with Gasteiger partial charge in [-0.3, -0.25) is 14.4 Å². The Bertz CT molecular complexity index is 962. The second kappa shape index (κ2) is 49.8.